The van der Waals surface area contributed by atoms with Crippen LogP contribution in [0.25, 0.3) is 17.5 Å². The van der Waals surface area contributed by atoms with E-state index in [1.807, 2.05) is 54.6 Å². The van der Waals surface area contributed by atoms with Crippen LogP contribution in [0.3, 0.4) is 0 Å². The van der Waals surface area contributed by atoms with Gasteiger partial charge in [0.15, 0.2) is 0 Å². The number of aliphatic imine (C=N–C) groups is 1. The molecule has 146 valence electrons. The van der Waals surface area contributed by atoms with Crippen LogP contribution in [0, 0.1) is 0 Å². The number of aryl methyl sites for hydroxylation is 1. The highest BCUT2D eigenvalue weighted by Crippen LogP contribution is 2.31. The Morgan fingerprint density at radius 3 is 2.69 bits per heavy atom. The van der Waals surface area contributed by atoms with E-state index in [1.165, 1.54) is 6.08 Å². The summed E-state index contributed by atoms with van der Waals surface area (Å²) in [5.74, 6) is -0.592. The van der Waals surface area contributed by atoms with Crippen LogP contribution in [0.15, 0.2) is 69.6 Å². The lowest BCUT2D eigenvalue weighted by Gasteiger charge is -2.16. The molecule has 0 spiro atoms. The lowest BCUT2D eigenvalue weighted by Crippen LogP contribution is -2.18. The molecule has 4 rings (SSSR count). The summed E-state index contributed by atoms with van der Waals surface area (Å²) in [6.07, 6.45) is 2.84. The molecule has 3 aromatic rings. The second kappa shape index (κ2) is 8.14. The fourth-order valence-corrected chi connectivity index (χ4v) is 3.21. The van der Waals surface area contributed by atoms with Crippen molar-refractivity contribution in [3.05, 3.63) is 71.4 Å². The molecule has 1 N–H and O–H groups in total. The number of nitrogens with zero attached hydrogens (tertiary/aromatic N) is 2. The van der Waals surface area contributed by atoms with Gasteiger partial charge in [-0.15, -0.1) is 0 Å². The molecule has 1 aliphatic heterocycles. The highest BCUT2D eigenvalue weighted by Gasteiger charge is 2.23. The van der Waals surface area contributed by atoms with Crippen molar-refractivity contribution in [1.82, 2.24) is 4.98 Å². The van der Waals surface area contributed by atoms with Gasteiger partial charge in [-0.2, -0.15) is 0 Å². The summed E-state index contributed by atoms with van der Waals surface area (Å²) in [6.45, 7) is 1.98. The van der Waals surface area contributed by atoms with Gasteiger partial charge in [-0.25, -0.2) is 9.78 Å². The Morgan fingerprint density at radius 2 is 1.90 bits per heavy atom. The molecule has 6 heteroatoms. The summed E-state index contributed by atoms with van der Waals surface area (Å²) in [6, 6.07) is 17.1. The van der Waals surface area contributed by atoms with Gasteiger partial charge in [0.1, 0.15) is 5.69 Å². The average Bonchev–Trinajstić information content (AvgIpc) is 3.13. The fourth-order valence-electron chi connectivity index (χ4n) is 3.21. The first-order valence-corrected chi connectivity index (χ1v) is 9.45. The molecule has 0 unspecified atom stereocenters. The Morgan fingerprint density at radius 1 is 1.14 bits per heavy atom. The molecule has 0 radical (unpaired) electrons. The summed E-state index contributed by atoms with van der Waals surface area (Å²) in [5.41, 5.74) is 3.72. The van der Waals surface area contributed by atoms with Crippen LogP contribution < -0.4 is 0 Å². The molecular weight excluding hydrogens is 368 g/mol. The van der Waals surface area contributed by atoms with E-state index in [-0.39, 0.29) is 29.7 Å². The Kier molecular flexibility index (Phi) is 5.24. The third kappa shape index (κ3) is 3.96. The van der Waals surface area contributed by atoms with Gasteiger partial charge in [0.25, 0.3) is 0 Å². The second-order valence-corrected chi connectivity index (χ2v) is 6.54. The van der Waals surface area contributed by atoms with E-state index < -0.39 is 5.97 Å². The lowest BCUT2D eigenvalue weighted by atomic mass is 9.96. The van der Waals surface area contributed by atoms with E-state index in [0.717, 1.165) is 23.2 Å². The Balaban J connectivity index is 1.75. The van der Waals surface area contributed by atoms with Crippen molar-refractivity contribution in [3.8, 4) is 17.4 Å². The van der Waals surface area contributed by atoms with Crippen LogP contribution >= 0.6 is 0 Å². The maximum atomic E-state index is 12.6. The lowest BCUT2D eigenvalue weighted by molar-refractivity contribution is -0.137. The first kappa shape index (κ1) is 18.7. The summed E-state index contributed by atoms with van der Waals surface area (Å²) >= 11 is 0. The zero-order chi connectivity index (χ0) is 20.2. The van der Waals surface area contributed by atoms with Crippen LogP contribution in [-0.2, 0) is 16.0 Å². The predicted octanol–water partition coefficient (Wildman–Crippen LogP) is 4.71. The number of rotatable bonds is 5. The van der Waals surface area contributed by atoms with Crippen LogP contribution in [0.2, 0.25) is 0 Å². The summed E-state index contributed by atoms with van der Waals surface area (Å²) in [4.78, 5) is 21.6. The number of carbonyl (C=O) groups is 1. The molecule has 2 heterocycles. The number of benzene rings is 2. The normalized spacial score (nSPS) is 13.6. The van der Waals surface area contributed by atoms with Crippen molar-refractivity contribution in [3.63, 3.8) is 0 Å². The SMILES string of the molecule is CCOC(=O)/C(=C\c1nc(-c2ccccc2)oc1O)C1=Nc2ccccc2CC1. The number of fused-ring (bicyclic) bond motifs is 1. The zero-order valence-electron chi connectivity index (χ0n) is 16.0. The molecule has 1 aliphatic rings. The molecule has 29 heavy (non-hydrogen) atoms. The third-order valence-electron chi connectivity index (χ3n) is 4.62. The minimum absolute atomic E-state index is 0.161. The predicted molar refractivity (Wildman–Crippen MR) is 110 cm³/mol. The summed E-state index contributed by atoms with van der Waals surface area (Å²) < 4.78 is 10.6. The quantitative estimate of drug-likeness (QED) is 0.505. The van der Waals surface area contributed by atoms with Gasteiger partial charge in [-0.1, -0.05) is 36.4 Å². The fraction of sp³-hybridized carbons (Fsp3) is 0.174. The number of oxazole rings is 1. The minimum atomic E-state index is -0.505. The molecule has 2 aromatic carbocycles. The smallest absolute Gasteiger partial charge is 0.340 e. The van der Waals surface area contributed by atoms with Crippen LogP contribution in [-0.4, -0.2) is 28.4 Å². The number of aromatic hydroxyl groups is 1. The highest BCUT2D eigenvalue weighted by molar-refractivity contribution is 6.23. The van der Waals surface area contributed by atoms with Crippen molar-refractivity contribution in [2.45, 2.75) is 19.8 Å². The van der Waals surface area contributed by atoms with E-state index >= 15 is 0 Å². The number of esters is 1. The molecule has 6 nitrogen and oxygen atoms in total. The van der Waals surface area contributed by atoms with E-state index in [4.69, 9.17) is 9.15 Å². The first-order chi connectivity index (χ1) is 14.2. The minimum Gasteiger partial charge on any atom is -0.479 e. The van der Waals surface area contributed by atoms with Gasteiger partial charge in [0.05, 0.1) is 23.6 Å². The zero-order valence-corrected chi connectivity index (χ0v) is 16.0. The van der Waals surface area contributed by atoms with Gasteiger partial charge in [0.2, 0.25) is 5.89 Å². The van der Waals surface area contributed by atoms with Gasteiger partial charge in [0, 0.05) is 5.56 Å². The van der Waals surface area contributed by atoms with Gasteiger partial charge < -0.3 is 14.3 Å². The summed E-state index contributed by atoms with van der Waals surface area (Å²) in [5, 5.41) is 10.2. The molecule has 0 fully saturated rings. The largest absolute Gasteiger partial charge is 0.479 e. The standard InChI is InChI=1S/C23H20N2O4/c1-2-28-22(26)17(19-13-12-15-8-6-7-11-18(15)24-19)14-20-23(27)29-21(25-20)16-9-4-3-5-10-16/h3-11,14,27H,2,12-13H2,1H3/b17-14-. The maximum Gasteiger partial charge on any atom is 0.340 e. The molecule has 0 aliphatic carbocycles. The summed E-state index contributed by atoms with van der Waals surface area (Å²) in [7, 11) is 0. The molecular formula is C23H20N2O4. The maximum absolute atomic E-state index is 12.6. The number of para-hydroxylation sites is 1. The van der Waals surface area contributed by atoms with Gasteiger partial charge in [-0.3, -0.25) is 4.99 Å². The van der Waals surface area contributed by atoms with Crippen LogP contribution in [0.1, 0.15) is 24.6 Å². The van der Waals surface area contributed by atoms with E-state index in [0.29, 0.717) is 12.1 Å². The molecule has 0 amide bonds. The van der Waals surface area contributed by atoms with Crippen LogP contribution in [0.5, 0.6) is 5.95 Å². The number of carbonyl (C=O) groups excluding carboxylic acids is 1. The Hall–Kier alpha value is -3.67. The van der Waals surface area contributed by atoms with E-state index in [9.17, 15) is 9.90 Å². The van der Waals surface area contributed by atoms with Crippen molar-refractivity contribution in [2.24, 2.45) is 4.99 Å². The van der Waals surface area contributed by atoms with Crippen molar-refractivity contribution >= 4 is 23.4 Å². The van der Waals surface area contributed by atoms with Crippen molar-refractivity contribution in [2.75, 3.05) is 6.61 Å². The molecule has 0 saturated carbocycles. The number of aromatic nitrogens is 1. The Bertz CT molecular complexity index is 1100. The number of ether oxygens (including phenoxy) is 1. The molecule has 1 aromatic heterocycles. The van der Waals surface area contributed by atoms with E-state index in [1.54, 1.807) is 6.92 Å². The third-order valence-corrected chi connectivity index (χ3v) is 4.62. The molecule has 0 bridgehead atoms. The topological polar surface area (TPSA) is 84.9 Å². The molecule has 0 saturated heterocycles. The van der Waals surface area contributed by atoms with Gasteiger partial charge in [-0.05, 0) is 49.6 Å². The number of hydrogen-bond acceptors (Lipinski definition) is 6. The Labute approximate surface area is 168 Å². The highest BCUT2D eigenvalue weighted by atomic mass is 16.5. The van der Waals surface area contributed by atoms with Crippen molar-refractivity contribution < 1.29 is 19.1 Å². The monoisotopic (exact) mass is 388 g/mol. The second-order valence-electron chi connectivity index (χ2n) is 6.54. The first-order valence-electron chi connectivity index (χ1n) is 9.45. The number of hydrogen-bond donors (Lipinski definition) is 1. The molecule has 0 atom stereocenters. The van der Waals surface area contributed by atoms with E-state index in [2.05, 4.69) is 9.98 Å². The van der Waals surface area contributed by atoms with Crippen LogP contribution in [0.4, 0.5) is 5.69 Å². The van der Waals surface area contributed by atoms with Gasteiger partial charge >= 0.3 is 11.9 Å². The average molecular weight is 388 g/mol. The van der Waals surface area contributed by atoms with Crippen molar-refractivity contribution in [1.29, 1.82) is 0 Å².